The summed E-state index contributed by atoms with van der Waals surface area (Å²) in [6.07, 6.45) is 4.22. The Morgan fingerprint density at radius 2 is 1.50 bits per heavy atom. The van der Waals surface area contributed by atoms with E-state index in [-0.39, 0.29) is 11.9 Å². The minimum absolute atomic E-state index is 0.0336. The number of anilines is 3. The van der Waals surface area contributed by atoms with Gasteiger partial charge in [0.15, 0.2) is 5.82 Å². The molecule has 2 aromatic carbocycles. The summed E-state index contributed by atoms with van der Waals surface area (Å²) in [7, 11) is 4.18. The van der Waals surface area contributed by atoms with Crippen LogP contribution >= 0.6 is 0 Å². The maximum atomic E-state index is 13.0. The zero-order valence-corrected chi connectivity index (χ0v) is 25.4. The van der Waals surface area contributed by atoms with E-state index in [9.17, 15) is 9.59 Å². The molecule has 0 saturated carbocycles. The van der Waals surface area contributed by atoms with Crippen LogP contribution in [0.5, 0.6) is 0 Å². The van der Waals surface area contributed by atoms with Gasteiger partial charge in [0.1, 0.15) is 5.82 Å². The highest BCUT2D eigenvalue weighted by Crippen LogP contribution is 2.37. The fraction of sp³-hybridized carbons (Fsp3) is 0.455. The number of morpholine rings is 1. The lowest BCUT2D eigenvalue weighted by Gasteiger charge is -2.36. The summed E-state index contributed by atoms with van der Waals surface area (Å²) < 4.78 is 5.81. The number of piperidine rings is 1. The fourth-order valence-corrected chi connectivity index (χ4v) is 6.93. The van der Waals surface area contributed by atoms with Gasteiger partial charge in [-0.3, -0.25) is 4.79 Å². The van der Waals surface area contributed by atoms with Crippen LogP contribution in [0.3, 0.4) is 0 Å². The number of aromatic nitrogens is 2. The third-order valence-electron chi connectivity index (χ3n) is 9.42. The monoisotopic (exact) mass is 596 g/mol. The van der Waals surface area contributed by atoms with Crippen LogP contribution in [-0.2, 0) is 17.8 Å². The lowest BCUT2D eigenvalue weighted by molar-refractivity contribution is 0.0663. The number of amides is 3. The van der Waals surface area contributed by atoms with Gasteiger partial charge >= 0.3 is 6.03 Å². The van der Waals surface area contributed by atoms with Gasteiger partial charge in [0.2, 0.25) is 0 Å². The van der Waals surface area contributed by atoms with Gasteiger partial charge in [0.05, 0.1) is 31.0 Å². The molecule has 3 amide bonds. The first-order valence-electron chi connectivity index (χ1n) is 15.6. The number of carbonyl (C=O) groups is 2. The van der Waals surface area contributed by atoms with E-state index in [1.807, 2.05) is 29.2 Å². The Labute approximate surface area is 258 Å². The molecule has 0 aliphatic carbocycles. The molecular formula is C33H40N8O3. The van der Waals surface area contributed by atoms with Crippen LogP contribution in [0.1, 0.15) is 47.3 Å². The normalized spacial score (nSPS) is 21.4. The number of nitrogens with one attached hydrogen (secondary N) is 3. The Kier molecular flexibility index (Phi) is 7.92. The predicted octanol–water partition coefficient (Wildman–Crippen LogP) is 3.92. The molecular weight excluding hydrogens is 556 g/mol. The summed E-state index contributed by atoms with van der Waals surface area (Å²) in [4.78, 5) is 42.3. The van der Waals surface area contributed by atoms with Crippen LogP contribution in [0, 0.1) is 0 Å². The van der Waals surface area contributed by atoms with Crippen molar-refractivity contribution in [3.63, 3.8) is 0 Å². The molecule has 3 N–H and O–H groups in total. The molecule has 7 rings (SSSR count). The largest absolute Gasteiger partial charge is 0.377 e. The van der Waals surface area contributed by atoms with Gasteiger partial charge in [-0.15, -0.1) is 0 Å². The summed E-state index contributed by atoms with van der Waals surface area (Å²) in [5.41, 5.74) is 5.06. The van der Waals surface area contributed by atoms with E-state index < -0.39 is 0 Å². The summed E-state index contributed by atoms with van der Waals surface area (Å²) in [6.45, 7) is 4.54. The van der Waals surface area contributed by atoms with Crippen LogP contribution in [0.4, 0.5) is 22.0 Å². The Morgan fingerprint density at radius 3 is 2.14 bits per heavy atom. The molecule has 0 spiro atoms. The number of nitrogens with zero attached hydrogens (tertiary/aromatic N) is 5. The van der Waals surface area contributed by atoms with Crippen molar-refractivity contribution in [1.29, 1.82) is 0 Å². The first kappa shape index (κ1) is 28.7. The molecule has 230 valence electrons. The fourth-order valence-electron chi connectivity index (χ4n) is 6.93. The second kappa shape index (κ2) is 12.1. The number of hydrogen-bond acceptors (Lipinski definition) is 8. The summed E-state index contributed by atoms with van der Waals surface area (Å²) >= 11 is 0. The molecule has 11 heteroatoms. The SMILES string of the molecule is CN(C)C1CCN(C(=O)c2ccc(NC(=O)Nc3ccc(-c4nc5c(c(N6C7CCC6COC7)n4)CNC5)cc3)cc2)CC1. The van der Waals surface area contributed by atoms with Crippen molar-refractivity contribution in [2.75, 3.05) is 55.9 Å². The van der Waals surface area contributed by atoms with E-state index in [0.717, 1.165) is 82.2 Å². The highest BCUT2D eigenvalue weighted by Gasteiger charge is 2.40. The Bertz CT molecular complexity index is 1500. The number of rotatable bonds is 6. The Balaban J connectivity index is 0.979. The van der Waals surface area contributed by atoms with Crippen molar-refractivity contribution >= 4 is 29.1 Å². The van der Waals surface area contributed by atoms with E-state index in [0.29, 0.717) is 40.9 Å². The van der Waals surface area contributed by atoms with Crippen molar-refractivity contribution < 1.29 is 14.3 Å². The van der Waals surface area contributed by atoms with Crippen LogP contribution in [0.2, 0.25) is 0 Å². The highest BCUT2D eigenvalue weighted by atomic mass is 16.5. The molecule has 4 aliphatic rings. The molecule has 11 nitrogen and oxygen atoms in total. The molecule has 3 saturated heterocycles. The summed E-state index contributed by atoms with van der Waals surface area (Å²) in [6, 6.07) is 15.6. The number of benzene rings is 2. The van der Waals surface area contributed by atoms with Crippen molar-refractivity contribution in [1.82, 2.24) is 25.1 Å². The van der Waals surface area contributed by atoms with E-state index in [1.54, 1.807) is 24.3 Å². The van der Waals surface area contributed by atoms with Gasteiger partial charge in [-0.2, -0.15) is 0 Å². The molecule has 3 aromatic rings. The van der Waals surface area contributed by atoms with Gasteiger partial charge in [-0.05, 0) is 88.3 Å². The zero-order valence-electron chi connectivity index (χ0n) is 25.4. The van der Waals surface area contributed by atoms with Crippen molar-refractivity contribution in [2.24, 2.45) is 0 Å². The average molecular weight is 597 g/mol. The molecule has 0 radical (unpaired) electrons. The van der Waals surface area contributed by atoms with Gasteiger partial charge in [-0.1, -0.05) is 0 Å². The molecule has 44 heavy (non-hydrogen) atoms. The molecule has 3 fully saturated rings. The third-order valence-corrected chi connectivity index (χ3v) is 9.42. The second-order valence-corrected chi connectivity index (χ2v) is 12.5. The summed E-state index contributed by atoms with van der Waals surface area (Å²) in [5, 5.41) is 9.19. The smallest absolute Gasteiger partial charge is 0.323 e. The van der Waals surface area contributed by atoms with Crippen LogP contribution in [0.15, 0.2) is 48.5 Å². The highest BCUT2D eigenvalue weighted by molar-refractivity contribution is 6.00. The maximum absolute atomic E-state index is 13.0. The minimum Gasteiger partial charge on any atom is -0.377 e. The van der Waals surface area contributed by atoms with Crippen molar-refractivity contribution in [3.8, 4) is 11.4 Å². The molecule has 1 aromatic heterocycles. The van der Waals surface area contributed by atoms with Crippen LogP contribution in [0.25, 0.3) is 11.4 Å². The van der Waals surface area contributed by atoms with Gasteiger partial charge in [0, 0.05) is 60.3 Å². The zero-order chi connectivity index (χ0) is 30.2. The second-order valence-electron chi connectivity index (χ2n) is 12.5. The van der Waals surface area contributed by atoms with E-state index in [1.165, 1.54) is 5.56 Å². The van der Waals surface area contributed by atoms with Crippen molar-refractivity contribution in [2.45, 2.75) is 56.9 Å². The van der Waals surface area contributed by atoms with E-state index in [2.05, 4.69) is 39.8 Å². The van der Waals surface area contributed by atoms with Gasteiger partial charge in [-0.25, -0.2) is 14.8 Å². The Morgan fingerprint density at radius 1 is 0.864 bits per heavy atom. The predicted molar refractivity (Wildman–Crippen MR) is 170 cm³/mol. The Hall–Kier alpha value is -4.06. The number of urea groups is 1. The average Bonchev–Trinajstić information content (AvgIpc) is 3.61. The number of hydrogen-bond donors (Lipinski definition) is 3. The molecule has 2 bridgehead atoms. The van der Waals surface area contributed by atoms with Gasteiger partial charge in [0.25, 0.3) is 5.91 Å². The van der Waals surface area contributed by atoms with Crippen molar-refractivity contribution in [3.05, 3.63) is 65.4 Å². The third kappa shape index (κ3) is 5.74. The number of carbonyl (C=O) groups excluding carboxylic acids is 2. The molecule has 4 aliphatic heterocycles. The lowest BCUT2D eigenvalue weighted by atomic mass is 10.0. The first-order chi connectivity index (χ1) is 21.4. The lowest BCUT2D eigenvalue weighted by Crippen LogP contribution is -2.47. The number of fused-ring (bicyclic) bond motifs is 3. The van der Waals surface area contributed by atoms with Crippen LogP contribution < -0.4 is 20.9 Å². The molecule has 5 heterocycles. The topological polar surface area (TPSA) is 115 Å². The first-order valence-corrected chi connectivity index (χ1v) is 15.6. The maximum Gasteiger partial charge on any atom is 0.323 e. The number of ether oxygens (including phenoxy) is 1. The minimum atomic E-state index is -0.354. The molecule has 2 atom stereocenters. The van der Waals surface area contributed by atoms with E-state index >= 15 is 0 Å². The summed E-state index contributed by atoms with van der Waals surface area (Å²) in [5.74, 6) is 1.77. The quantitative estimate of drug-likeness (QED) is 0.392. The van der Waals surface area contributed by atoms with Crippen LogP contribution in [-0.4, -0.2) is 90.2 Å². The number of likely N-dealkylation sites (tertiary alicyclic amines) is 1. The standard InChI is InChI=1S/C33H40N8O3/c1-39(2)25-13-15-40(16-14-25)32(42)22-5-9-24(10-6-22)36-33(43)35-23-7-3-21(4-8-23)30-37-29-18-34-17-28(29)31(38-30)41-26-11-12-27(41)20-44-19-26/h3-10,25-27,34H,11-20H2,1-2H3,(H2,35,36,43). The molecule has 2 unspecified atom stereocenters. The van der Waals surface area contributed by atoms with E-state index in [4.69, 9.17) is 14.7 Å². The van der Waals surface area contributed by atoms with Gasteiger partial charge < -0.3 is 35.4 Å².